The maximum absolute atomic E-state index is 12.8. The molecule has 0 saturated carbocycles. The van der Waals surface area contributed by atoms with Gasteiger partial charge in [0.25, 0.3) is 5.91 Å². The quantitative estimate of drug-likeness (QED) is 0.518. The largest absolute Gasteiger partial charge is 0.351 e. The number of carbonyl (C=O) groups is 2. The lowest BCUT2D eigenvalue weighted by Crippen LogP contribution is -2.88. The zero-order valence-electron chi connectivity index (χ0n) is 17.2. The van der Waals surface area contributed by atoms with E-state index in [4.69, 9.17) is 5.73 Å². The fourth-order valence-corrected chi connectivity index (χ4v) is 4.41. The summed E-state index contributed by atoms with van der Waals surface area (Å²) in [7, 11) is 0. The highest BCUT2D eigenvalue weighted by molar-refractivity contribution is 7.10. The van der Waals surface area contributed by atoms with Gasteiger partial charge in [-0.15, -0.1) is 11.3 Å². The smallest absolute Gasteiger partial charge is 0.319 e. The van der Waals surface area contributed by atoms with Gasteiger partial charge in [0.2, 0.25) is 0 Å². The summed E-state index contributed by atoms with van der Waals surface area (Å²) in [6.07, 6.45) is 1.03. The number of nitrogens with two attached hydrogens (primary N) is 2. The third-order valence-corrected chi connectivity index (χ3v) is 5.86. The Morgan fingerprint density at radius 3 is 2.23 bits per heavy atom. The summed E-state index contributed by atoms with van der Waals surface area (Å²) in [5.74, 6) is 0.169. The van der Waals surface area contributed by atoms with Crippen molar-refractivity contribution in [3.05, 3.63) is 93.7 Å². The van der Waals surface area contributed by atoms with Crippen LogP contribution in [0.2, 0.25) is 0 Å². The Morgan fingerprint density at radius 1 is 0.967 bits per heavy atom. The molecule has 3 rings (SSSR count). The number of quaternary nitrogens is 1. The Kier molecular flexibility index (Phi) is 7.38. The summed E-state index contributed by atoms with van der Waals surface area (Å²) in [5.41, 5.74) is 8.44. The van der Waals surface area contributed by atoms with Gasteiger partial charge in [-0.2, -0.15) is 0 Å². The summed E-state index contributed by atoms with van der Waals surface area (Å²) in [4.78, 5) is 25.3. The van der Waals surface area contributed by atoms with Gasteiger partial charge in [-0.1, -0.05) is 74.5 Å². The van der Waals surface area contributed by atoms with Gasteiger partial charge < -0.3 is 11.1 Å². The standard InChI is InChI=1S/C24H27N3O2S/c1-16(2)15-17-10-12-19(13-11-17)21(20-9-6-14-30-20)26-22(23(28)27-24(25)29)18-7-4-3-5-8-18/h3-14,16,21-22,26H,15H2,1-2H3,(H3,25,27,28,29)/p+1/t21-,22-/m0/s1. The molecule has 0 aliphatic heterocycles. The Hall–Kier alpha value is -2.96. The first-order valence-corrected chi connectivity index (χ1v) is 10.9. The monoisotopic (exact) mass is 422 g/mol. The molecule has 0 spiro atoms. The van der Waals surface area contributed by atoms with E-state index in [-0.39, 0.29) is 6.04 Å². The molecule has 0 radical (unpaired) electrons. The molecule has 0 unspecified atom stereocenters. The van der Waals surface area contributed by atoms with Gasteiger partial charge in [-0.25, -0.2) is 4.79 Å². The second-order valence-electron chi connectivity index (χ2n) is 7.77. The highest BCUT2D eigenvalue weighted by Gasteiger charge is 2.31. The van der Waals surface area contributed by atoms with Crippen LogP contribution in [0.3, 0.4) is 0 Å². The van der Waals surface area contributed by atoms with Crippen LogP contribution in [0.1, 0.15) is 47.5 Å². The Bertz CT molecular complexity index is 954. The van der Waals surface area contributed by atoms with E-state index in [1.165, 1.54) is 5.56 Å². The summed E-state index contributed by atoms with van der Waals surface area (Å²) in [6.45, 7) is 4.41. The molecule has 30 heavy (non-hydrogen) atoms. The molecule has 0 saturated heterocycles. The van der Waals surface area contributed by atoms with Crippen molar-refractivity contribution < 1.29 is 14.9 Å². The number of urea groups is 1. The summed E-state index contributed by atoms with van der Waals surface area (Å²) >= 11 is 1.65. The first-order valence-electron chi connectivity index (χ1n) is 10.1. The van der Waals surface area contributed by atoms with Crippen molar-refractivity contribution in [1.82, 2.24) is 5.32 Å². The molecule has 2 atom stereocenters. The van der Waals surface area contributed by atoms with E-state index in [0.29, 0.717) is 5.92 Å². The lowest BCUT2D eigenvalue weighted by atomic mass is 9.97. The molecule has 5 nitrogen and oxygen atoms in total. The van der Waals surface area contributed by atoms with E-state index in [1.54, 1.807) is 11.3 Å². The van der Waals surface area contributed by atoms with Gasteiger partial charge in [0.1, 0.15) is 6.04 Å². The molecule has 5 N–H and O–H groups in total. The zero-order valence-corrected chi connectivity index (χ0v) is 18.1. The van der Waals surface area contributed by atoms with E-state index in [0.717, 1.165) is 22.4 Å². The van der Waals surface area contributed by atoms with Crippen LogP contribution in [-0.4, -0.2) is 11.9 Å². The molecular formula is C24H28N3O2S+. The number of thiophene rings is 1. The zero-order chi connectivity index (χ0) is 21.5. The second-order valence-corrected chi connectivity index (χ2v) is 8.75. The lowest BCUT2D eigenvalue weighted by molar-refractivity contribution is -0.713. The van der Waals surface area contributed by atoms with Crippen LogP contribution in [0.25, 0.3) is 0 Å². The average molecular weight is 423 g/mol. The third-order valence-electron chi connectivity index (χ3n) is 4.90. The van der Waals surface area contributed by atoms with Gasteiger partial charge in [-0.3, -0.25) is 10.1 Å². The second kappa shape index (κ2) is 10.2. The predicted octanol–water partition coefficient (Wildman–Crippen LogP) is 3.54. The van der Waals surface area contributed by atoms with Gasteiger partial charge >= 0.3 is 6.03 Å². The van der Waals surface area contributed by atoms with E-state index >= 15 is 0 Å². The topological polar surface area (TPSA) is 88.8 Å². The molecule has 3 amide bonds. The lowest BCUT2D eigenvalue weighted by Gasteiger charge is -2.22. The average Bonchev–Trinajstić information content (AvgIpc) is 3.24. The molecule has 0 aliphatic carbocycles. The van der Waals surface area contributed by atoms with Crippen LogP contribution in [0.15, 0.2) is 72.1 Å². The Labute approximate surface area is 181 Å². The number of primary amides is 1. The van der Waals surface area contributed by atoms with E-state index < -0.39 is 18.0 Å². The molecule has 1 heterocycles. The number of carbonyl (C=O) groups excluding carboxylic acids is 2. The van der Waals surface area contributed by atoms with Crippen molar-refractivity contribution in [2.24, 2.45) is 11.7 Å². The molecule has 0 bridgehead atoms. The van der Waals surface area contributed by atoms with Gasteiger partial charge in [0.15, 0.2) is 6.04 Å². The Balaban J connectivity index is 1.94. The minimum absolute atomic E-state index is 0.0815. The van der Waals surface area contributed by atoms with Crippen molar-refractivity contribution in [2.45, 2.75) is 32.4 Å². The van der Waals surface area contributed by atoms with Crippen LogP contribution in [0, 0.1) is 5.92 Å². The van der Waals surface area contributed by atoms with Gasteiger partial charge in [-0.05, 0) is 29.3 Å². The molecule has 1 aromatic heterocycles. The third kappa shape index (κ3) is 5.78. The van der Waals surface area contributed by atoms with Crippen molar-refractivity contribution in [2.75, 3.05) is 0 Å². The van der Waals surface area contributed by atoms with Crippen LogP contribution >= 0.6 is 11.3 Å². The number of rotatable bonds is 8. The van der Waals surface area contributed by atoms with Gasteiger partial charge in [0.05, 0.1) is 4.88 Å². The van der Waals surface area contributed by atoms with E-state index in [1.807, 2.05) is 47.1 Å². The van der Waals surface area contributed by atoms with Crippen LogP contribution < -0.4 is 16.4 Å². The van der Waals surface area contributed by atoms with Gasteiger partial charge in [0, 0.05) is 11.1 Å². The van der Waals surface area contributed by atoms with E-state index in [9.17, 15) is 9.59 Å². The first-order chi connectivity index (χ1) is 14.4. The highest BCUT2D eigenvalue weighted by atomic mass is 32.1. The molecule has 3 aromatic rings. The molecule has 0 fully saturated rings. The summed E-state index contributed by atoms with van der Waals surface area (Å²) < 4.78 is 0. The molecule has 156 valence electrons. The number of benzene rings is 2. The number of hydrogen-bond donors (Lipinski definition) is 3. The number of imide groups is 1. The van der Waals surface area contributed by atoms with Crippen molar-refractivity contribution in [3.8, 4) is 0 Å². The fourth-order valence-electron chi connectivity index (χ4n) is 3.57. The van der Waals surface area contributed by atoms with E-state index in [2.05, 4.69) is 49.5 Å². The number of hydrogen-bond acceptors (Lipinski definition) is 3. The number of nitrogens with one attached hydrogen (secondary N) is 1. The normalized spacial score (nSPS) is 13.0. The minimum Gasteiger partial charge on any atom is -0.351 e. The van der Waals surface area contributed by atoms with Crippen molar-refractivity contribution >= 4 is 23.3 Å². The van der Waals surface area contributed by atoms with Crippen LogP contribution in [-0.2, 0) is 11.2 Å². The highest BCUT2D eigenvalue weighted by Crippen LogP contribution is 2.25. The molecule has 2 aromatic carbocycles. The SMILES string of the molecule is CC(C)Cc1ccc([C@H]([NH2+][C@H](C(=O)NC(N)=O)c2ccccc2)c2cccs2)cc1. The summed E-state index contributed by atoms with van der Waals surface area (Å²) in [5, 5.41) is 6.28. The Morgan fingerprint density at radius 2 is 1.67 bits per heavy atom. The van der Waals surface area contributed by atoms with Crippen LogP contribution in [0.5, 0.6) is 0 Å². The van der Waals surface area contributed by atoms with Crippen molar-refractivity contribution in [1.29, 1.82) is 0 Å². The fraction of sp³-hybridized carbons (Fsp3) is 0.250. The van der Waals surface area contributed by atoms with Crippen molar-refractivity contribution in [3.63, 3.8) is 0 Å². The number of amides is 3. The molecule has 6 heteroatoms. The maximum atomic E-state index is 12.8. The maximum Gasteiger partial charge on any atom is 0.319 e. The predicted molar refractivity (Wildman–Crippen MR) is 120 cm³/mol. The molecule has 0 aliphatic rings. The minimum atomic E-state index is -0.847. The van der Waals surface area contributed by atoms with Crippen LogP contribution in [0.4, 0.5) is 4.79 Å². The molecular weight excluding hydrogens is 394 g/mol. The first kappa shape index (κ1) is 21.7. The summed E-state index contributed by atoms with van der Waals surface area (Å²) in [6, 6.07) is 20.6.